The molecular weight excluding hydrogens is 625 g/mol. The Labute approximate surface area is 297 Å². The highest BCUT2D eigenvalue weighted by atomic mass is 31.2. The number of likely N-dealkylation sites (N-methyl/N-ethyl adjacent to an activating group) is 1. The number of hydrogen-bond acceptors (Lipinski definition) is 7. The van der Waals surface area contributed by atoms with Gasteiger partial charge in [0.1, 0.15) is 19.3 Å². The highest BCUT2D eigenvalue weighted by Gasteiger charge is 2.20. The van der Waals surface area contributed by atoms with Crippen molar-refractivity contribution in [1.29, 1.82) is 0 Å². The van der Waals surface area contributed by atoms with E-state index in [2.05, 4.69) is 26.0 Å². The fourth-order valence-corrected chi connectivity index (χ4v) is 6.15. The summed E-state index contributed by atoms with van der Waals surface area (Å²) in [4.78, 5) is 24.9. The molecule has 0 fully saturated rings. The maximum Gasteiger partial charge on any atom is 0.306 e. The van der Waals surface area contributed by atoms with Crippen molar-refractivity contribution in [3.63, 3.8) is 0 Å². The molecular formula is C39H78NO7P. The summed E-state index contributed by atoms with van der Waals surface area (Å²) in [6.45, 7) is 5.40. The molecule has 0 spiro atoms. The molecule has 0 saturated carbocycles. The number of carbonyl (C=O) groups is 1. The summed E-state index contributed by atoms with van der Waals surface area (Å²) in [6, 6.07) is 0. The van der Waals surface area contributed by atoms with E-state index >= 15 is 0 Å². The molecule has 0 saturated heterocycles. The van der Waals surface area contributed by atoms with Gasteiger partial charge in [0.25, 0.3) is 7.82 Å². The smallest absolute Gasteiger partial charge is 0.306 e. The SMILES string of the molecule is CCCCCC/C=C\CCCCCCCC(=O)OC(COCCCCCCCCCCCCCCC)COP(=O)([O-])OCC[N+](C)(C)C. The number of unbranched alkanes of at least 4 members (excludes halogenated alkanes) is 21. The number of carbonyl (C=O) groups excluding carboxylic acids is 1. The third-order valence-corrected chi connectivity index (χ3v) is 9.53. The molecule has 0 amide bonds. The molecule has 0 aliphatic rings. The number of nitrogens with zero attached hydrogens (tertiary/aromatic N) is 1. The summed E-state index contributed by atoms with van der Waals surface area (Å²) in [6.07, 6.45) is 33.5. The Morgan fingerprint density at radius 3 is 1.60 bits per heavy atom. The lowest BCUT2D eigenvalue weighted by Crippen LogP contribution is -2.37. The minimum absolute atomic E-state index is 0.0274. The Bertz CT molecular complexity index is 787. The first kappa shape index (κ1) is 47.2. The van der Waals surface area contributed by atoms with Crippen molar-refractivity contribution in [3.8, 4) is 0 Å². The maximum atomic E-state index is 12.6. The molecule has 286 valence electrons. The van der Waals surface area contributed by atoms with Crippen LogP contribution in [0, 0.1) is 0 Å². The van der Waals surface area contributed by atoms with Gasteiger partial charge in [-0.1, -0.05) is 142 Å². The molecule has 0 aromatic rings. The number of hydrogen-bond donors (Lipinski definition) is 0. The molecule has 0 heterocycles. The normalized spacial score (nSPS) is 14.0. The van der Waals surface area contributed by atoms with Gasteiger partial charge in [0, 0.05) is 13.0 Å². The zero-order chi connectivity index (χ0) is 35.6. The number of rotatable bonds is 37. The predicted octanol–water partition coefficient (Wildman–Crippen LogP) is 10.5. The summed E-state index contributed by atoms with van der Waals surface area (Å²) in [5.74, 6) is -0.342. The lowest BCUT2D eigenvalue weighted by Gasteiger charge is -2.28. The molecule has 2 unspecified atom stereocenters. The van der Waals surface area contributed by atoms with E-state index in [1.165, 1.54) is 109 Å². The summed E-state index contributed by atoms with van der Waals surface area (Å²) < 4.78 is 34.5. The molecule has 0 bridgehead atoms. The Hall–Kier alpha value is -0.760. The summed E-state index contributed by atoms with van der Waals surface area (Å²) in [7, 11) is 1.36. The predicted molar refractivity (Wildman–Crippen MR) is 199 cm³/mol. The van der Waals surface area contributed by atoms with Crippen LogP contribution in [0.4, 0.5) is 0 Å². The van der Waals surface area contributed by atoms with E-state index in [4.69, 9.17) is 18.5 Å². The van der Waals surface area contributed by atoms with Crippen molar-refractivity contribution < 1.29 is 37.3 Å². The minimum Gasteiger partial charge on any atom is -0.756 e. The molecule has 0 aromatic heterocycles. The van der Waals surface area contributed by atoms with Crippen LogP contribution in [0.15, 0.2) is 12.2 Å². The molecule has 9 heteroatoms. The van der Waals surface area contributed by atoms with E-state index in [-0.39, 0.29) is 25.8 Å². The Balaban J connectivity index is 4.28. The lowest BCUT2D eigenvalue weighted by molar-refractivity contribution is -0.870. The molecule has 0 radical (unpaired) electrons. The zero-order valence-electron chi connectivity index (χ0n) is 32.2. The first-order valence-electron chi connectivity index (χ1n) is 19.9. The Kier molecular flexibility index (Phi) is 32.9. The first-order valence-corrected chi connectivity index (χ1v) is 21.4. The van der Waals surface area contributed by atoms with Crippen LogP contribution in [0.1, 0.15) is 174 Å². The Morgan fingerprint density at radius 2 is 1.08 bits per heavy atom. The maximum absolute atomic E-state index is 12.6. The van der Waals surface area contributed by atoms with E-state index in [9.17, 15) is 14.3 Å². The van der Waals surface area contributed by atoms with Crippen molar-refractivity contribution in [1.82, 2.24) is 0 Å². The van der Waals surface area contributed by atoms with Gasteiger partial charge in [-0.3, -0.25) is 9.36 Å². The quantitative estimate of drug-likeness (QED) is 0.0209. The second-order valence-corrected chi connectivity index (χ2v) is 16.1. The van der Waals surface area contributed by atoms with Crippen LogP contribution in [-0.4, -0.2) is 70.7 Å². The van der Waals surface area contributed by atoms with Crippen molar-refractivity contribution in [2.24, 2.45) is 0 Å². The second kappa shape index (κ2) is 33.4. The number of phosphoric ester groups is 1. The van der Waals surface area contributed by atoms with Crippen molar-refractivity contribution >= 4 is 13.8 Å². The molecule has 0 rings (SSSR count). The van der Waals surface area contributed by atoms with E-state index in [1.807, 2.05) is 21.1 Å². The number of esters is 1. The molecule has 2 atom stereocenters. The van der Waals surface area contributed by atoms with Crippen LogP contribution in [0.25, 0.3) is 0 Å². The minimum atomic E-state index is -4.51. The summed E-state index contributed by atoms with van der Waals surface area (Å²) >= 11 is 0. The van der Waals surface area contributed by atoms with E-state index in [0.717, 1.165) is 44.9 Å². The van der Waals surface area contributed by atoms with Crippen LogP contribution >= 0.6 is 7.82 Å². The summed E-state index contributed by atoms with van der Waals surface area (Å²) in [5.41, 5.74) is 0. The van der Waals surface area contributed by atoms with Gasteiger partial charge in [-0.2, -0.15) is 0 Å². The van der Waals surface area contributed by atoms with Crippen LogP contribution in [-0.2, 0) is 27.9 Å². The fraction of sp³-hybridized carbons (Fsp3) is 0.923. The molecule has 0 N–H and O–H groups in total. The zero-order valence-corrected chi connectivity index (χ0v) is 33.1. The highest BCUT2D eigenvalue weighted by Crippen LogP contribution is 2.38. The van der Waals surface area contributed by atoms with Gasteiger partial charge in [-0.25, -0.2) is 0 Å². The van der Waals surface area contributed by atoms with Crippen LogP contribution < -0.4 is 4.89 Å². The van der Waals surface area contributed by atoms with Crippen LogP contribution in [0.3, 0.4) is 0 Å². The lowest BCUT2D eigenvalue weighted by atomic mass is 10.0. The van der Waals surface area contributed by atoms with Gasteiger partial charge in [0.15, 0.2) is 0 Å². The van der Waals surface area contributed by atoms with E-state index in [0.29, 0.717) is 24.1 Å². The van der Waals surface area contributed by atoms with Gasteiger partial charge in [-0.15, -0.1) is 0 Å². The second-order valence-electron chi connectivity index (χ2n) is 14.6. The average Bonchev–Trinajstić information content (AvgIpc) is 3.03. The van der Waals surface area contributed by atoms with Gasteiger partial charge < -0.3 is 27.9 Å². The molecule has 0 aliphatic carbocycles. The largest absolute Gasteiger partial charge is 0.756 e. The van der Waals surface area contributed by atoms with Crippen molar-refractivity contribution in [3.05, 3.63) is 12.2 Å². The average molecular weight is 704 g/mol. The number of ether oxygens (including phenoxy) is 2. The fourth-order valence-electron chi connectivity index (χ4n) is 5.42. The van der Waals surface area contributed by atoms with Crippen molar-refractivity contribution in [2.45, 2.75) is 180 Å². The van der Waals surface area contributed by atoms with Gasteiger partial charge in [0.2, 0.25) is 0 Å². The van der Waals surface area contributed by atoms with Crippen LogP contribution in [0.2, 0.25) is 0 Å². The van der Waals surface area contributed by atoms with Crippen molar-refractivity contribution in [2.75, 3.05) is 54.1 Å². The number of allylic oxidation sites excluding steroid dienone is 2. The monoisotopic (exact) mass is 704 g/mol. The Morgan fingerprint density at radius 1 is 0.625 bits per heavy atom. The third-order valence-electron chi connectivity index (χ3n) is 8.57. The van der Waals surface area contributed by atoms with E-state index < -0.39 is 13.9 Å². The molecule has 48 heavy (non-hydrogen) atoms. The van der Waals surface area contributed by atoms with Gasteiger partial charge >= 0.3 is 5.97 Å². The van der Waals surface area contributed by atoms with Crippen LogP contribution in [0.5, 0.6) is 0 Å². The van der Waals surface area contributed by atoms with E-state index in [1.54, 1.807) is 0 Å². The van der Waals surface area contributed by atoms with Gasteiger partial charge in [0.05, 0.1) is 34.4 Å². The molecule has 0 aromatic carbocycles. The summed E-state index contributed by atoms with van der Waals surface area (Å²) in [5, 5.41) is 0. The third kappa shape index (κ3) is 36.5. The van der Waals surface area contributed by atoms with Gasteiger partial charge in [-0.05, 0) is 38.5 Å². The standard InChI is InChI=1S/C39H78NO7P/c1-6-8-10-12-14-16-18-20-22-24-26-28-30-32-39(41)47-38(37-46-48(42,43)45-35-33-40(3,4)5)36-44-34-31-29-27-25-23-21-19-17-15-13-11-9-7-2/h16,18,38H,6-15,17,19-37H2,1-5H3/b18-16-. The molecule has 8 nitrogen and oxygen atoms in total. The number of quaternary nitrogens is 1. The topological polar surface area (TPSA) is 94.1 Å². The number of phosphoric acid groups is 1. The first-order chi connectivity index (χ1) is 23.1. The molecule has 0 aliphatic heterocycles. The highest BCUT2D eigenvalue weighted by molar-refractivity contribution is 7.45.